The van der Waals surface area contributed by atoms with Crippen molar-refractivity contribution in [1.29, 1.82) is 0 Å². The van der Waals surface area contributed by atoms with E-state index >= 15 is 0 Å². The van der Waals surface area contributed by atoms with Gasteiger partial charge in [-0.3, -0.25) is 29.3 Å². The lowest BCUT2D eigenvalue weighted by molar-refractivity contribution is -0.148. The Labute approximate surface area is 224 Å². The van der Waals surface area contributed by atoms with Crippen LogP contribution in [-0.2, 0) is 25.6 Å². The summed E-state index contributed by atoms with van der Waals surface area (Å²) in [6.07, 6.45) is -0.0253. The average Bonchev–Trinajstić information content (AvgIpc) is 3.38. The van der Waals surface area contributed by atoms with Gasteiger partial charge < -0.3 is 9.84 Å². The van der Waals surface area contributed by atoms with E-state index < -0.39 is 47.2 Å². The summed E-state index contributed by atoms with van der Waals surface area (Å²) in [6, 6.07) is 20.7. The van der Waals surface area contributed by atoms with Crippen molar-refractivity contribution in [2.75, 3.05) is 4.90 Å². The van der Waals surface area contributed by atoms with Gasteiger partial charge in [0.05, 0.1) is 17.5 Å². The number of imide groups is 1. The number of carboxylic acids is 1. The molecule has 0 bridgehead atoms. The van der Waals surface area contributed by atoms with Gasteiger partial charge in [0.2, 0.25) is 11.8 Å². The Kier molecular flexibility index (Phi) is 6.61. The highest BCUT2D eigenvalue weighted by Gasteiger charge is 2.68. The van der Waals surface area contributed by atoms with Crippen molar-refractivity contribution in [1.82, 2.24) is 5.32 Å². The fourth-order valence-corrected chi connectivity index (χ4v) is 5.65. The largest absolute Gasteiger partial charge is 0.480 e. The van der Waals surface area contributed by atoms with E-state index in [4.69, 9.17) is 4.74 Å². The molecule has 4 unspecified atom stereocenters. The number of ketones is 1. The van der Waals surface area contributed by atoms with E-state index in [2.05, 4.69) is 5.32 Å². The van der Waals surface area contributed by atoms with E-state index in [1.807, 2.05) is 6.07 Å². The van der Waals surface area contributed by atoms with Crippen LogP contribution in [0.25, 0.3) is 0 Å². The second kappa shape index (κ2) is 9.92. The van der Waals surface area contributed by atoms with E-state index in [9.17, 15) is 29.1 Å². The Bertz CT molecular complexity index is 1470. The van der Waals surface area contributed by atoms with E-state index in [-0.39, 0.29) is 17.9 Å². The number of Topliss-reactive ketones (excluding diaryl/α,β-unsaturated/α-hetero) is 1. The molecule has 5 rings (SSSR count). The first kappa shape index (κ1) is 26.0. The van der Waals surface area contributed by atoms with Gasteiger partial charge in [0.25, 0.3) is 0 Å². The van der Waals surface area contributed by atoms with Crippen molar-refractivity contribution in [2.45, 2.75) is 31.8 Å². The zero-order valence-corrected chi connectivity index (χ0v) is 21.3. The first-order valence-corrected chi connectivity index (χ1v) is 12.4. The van der Waals surface area contributed by atoms with Gasteiger partial charge in [0, 0.05) is 24.9 Å². The number of benzene rings is 3. The number of aliphatic carboxylic acids is 1. The molecule has 0 spiro atoms. The number of hydrogen-bond donors (Lipinski definition) is 2. The summed E-state index contributed by atoms with van der Waals surface area (Å²) in [4.78, 5) is 65.0. The molecule has 2 saturated heterocycles. The van der Waals surface area contributed by atoms with Crippen LogP contribution in [0.1, 0.15) is 41.4 Å². The van der Waals surface area contributed by atoms with E-state index in [1.54, 1.807) is 48.5 Å². The van der Waals surface area contributed by atoms with Crippen LogP contribution in [0, 0.1) is 11.8 Å². The molecule has 4 atom stereocenters. The zero-order valence-electron chi connectivity index (χ0n) is 21.3. The summed E-state index contributed by atoms with van der Waals surface area (Å²) in [7, 11) is 0. The van der Waals surface area contributed by atoms with Gasteiger partial charge in [-0.1, -0.05) is 42.5 Å². The second-order valence-electron chi connectivity index (χ2n) is 9.84. The molecule has 2 amide bonds. The van der Waals surface area contributed by atoms with Crippen LogP contribution in [0.3, 0.4) is 0 Å². The molecular weight excluding hydrogens is 500 g/mol. The first-order valence-electron chi connectivity index (χ1n) is 12.4. The molecule has 2 heterocycles. The second-order valence-corrected chi connectivity index (χ2v) is 9.84. The number of ether oxygens (including phenoxy) is 1. The zero-order chi connectivity index (χ0) is 27.9. The van der Waals surface area contributed by atoms with Crippen molar-refractivity contribution < 1.29 is 33.8 Å². The highest BCUT2D eigenvalue weighted by atomic mass is 16.5. The molecule has 9 nitrogen and oxygen atoms in total. The van der Waals surface area contributed by atoms with Crippen LogP contribution in [0.15, 0.2) is 78.9 Å². The molecule has 0 saturated carbocycles. The number of carbonyl (C=O) groups is 5. The van der Waals surface area contributed by atoms with Crippen LogP contribution in [0.2, 0.25) is 0 Å². The third-order valence-electron chi connectivity index (χ3n) is 7.39. The molecule has 3 aromatic rings. The van der Waals surface area contributed by atoms with Gasteiger partial charge in [-0.05, 0) is 54.4 Å². The third kappa shape index (κ3) is 4.51. The van der Waals surface area contributed by atoms with Crippen LogP contribution in [0.5, 0.6) is 5.75 Å². The SMILES string of the molecule is CC(=O)Oc1ccc(C2NC(Cc3ccccc3)(C(=O)O)C3C(=O)N(c4ccc(C(C)=O)cc4)C(=O)C23)cc1. The van der Waals surface area contributed by atoms with Crippen molar-refractivity contribution in [3.8, 4) is 5.75 Å². The fourth-order valence-electron chi connectivity index (χ4n) is 5.65. The molecule has 2 fully saturated rings. The lowest BCUT2D eigenvalue weighted by Gasteiger charge is -2.31. The Hall–Kier alpha value is -4.63. The van der Waals surface area contributed by atoms with Crippen molar-refractivity contribution in [3.63, 3.8) is 0 Å². The van der Waals surface area contributed by atoms with E-state index in [0.29, 0.717) is 22.4 Å². The minimum absolute atomic E-state index is 0.0253. The average molecular weight is 527 g/mol. The van der Waals surface area contributed by atoms with Gasteiger partial charge in [-0.15, -0.1) is 0 Å². The minimum atomic E-state index is -1.77. The lowest BCUT2D eigenvalue weighted by atomic mass is 9.76. The topological polar surface area (TPSA) is 130 Å². The normalized spacial score (nSPS) is 23.9. The Morgan fingerprint density at radius 2 is 1.54 bits per heavy atom. The number of carboxylic acid groups (broad SMARTS) is 1. The molecule has 2 aliphatic heterocycles. The Balaban J connectivity index is 1.60. The standard InChI is InChI=1S/C30H26N2O7/c1-17(33)20-8-12-22(13-9-20)32-27(35)24-25(28(32)36)30(29(37)38,16-19-6-4-3-5-7-19)31-26(24)21-10-14-23(15-11-21)39-18(2)34/h3-15,24-26,31H,16H2,1-2H3,(H,37,38). The highest BCUT2D eigenvalue weighted by molar-refractivity contribution is 6.24. The van der Waals surface area contributed by atoms with Crippen LogP contribution >= 0.6 is 0 Å². The van der Waals surface area contributed by atoms with Gasteiger partial charge in [0.1, 0.15) is 11.3 Å². The van der Waals surface area contributed by atoms with Crippen LogP contribution in [0.4, 0.5) is 5.69 Å². The minimum Gasteiger partial charge on any atom is -0.480 e. The maximum absolute atomic E-state index is 14.0. The van der Waals surface area contributed by atoms with Gasteiger partial charge in [-0.2, -0.15) is 0 Å². The smallest absolute Gasteiger partial charge is 0.325 e. The summed E-state index contributed by atoms with van der Waals surface area (Å²) in [5, 5.41) is 13.8. The number of carbonyl (C=O) groups excluding carboxylic acids is 4. The predicted molar refractivity (Wildman–Crippen MR) is 140 cm³/mol. The summed E-state index contributed by atoms with van der Waals surface area (Å²) in [5.41, 5.74) is 0.196. The maximum atomic E-state index is 14.0. The van der Waals surface area contributed by atoms with Crippen molar-refractivity contribution in [3.05, 3.63) is 95.6 Å². The van der Waals surface area contributed by atoms with Crippen molar-refractivity contribution >= 4 is 35.2 Å². The molecule has 198 valence electrons. The molecule has 2 N–H and O–H groups in total. The summed E-state index contributed by atoms with van der Waals surface area (Å²) >= 11 is 0. The number of hydrogen-bond acceptors (Lipinski definition) is 7. The molecule has 39 heavy (non-hydrogen) atoms. The number of nitrogens with one attached hydrogen (secondary N) is 1. The van der Waals surface area contributed by atoms with Gasteiger partial charge in [0.15, 0.2) is 5.78 Å². The molecule has 0 radical (unpaired) electrons. The molecule has 9 heteroatoms. The Morgan fingerprint density at radius 1 is 0.897 bits per heavy atom. The molecular formula is C30H26N2O7. The predicted octanol–water partition coefficient (Wildman–Crippen LogP) is 3.33. The van der Waals surface area contributed by atoms with Gasteiger partial charge in [-0.25, -0.2) is 4.90 Å². The number of nitrogens with zero attached hydrogens (tertiary/aromatic N) is 1. The molecule has 0 aliphatic carbocycles. The quantitative estimate of drug-likeness (QED) is 0.208. The Morgan fingerprint density at radius 3 is 2.10 bits per heavy atom. The van der Waals surface area contributed by atoms with Crippen LogP contribution < -0.4 is 15.0 Å². The third-order valence-corrected chi connectivity index (χ3v) is 7.39. The van der Waals surface area contributed by atoms with E-state index in [1.165, 1.54) is 38.1 Å². The van der Waals surface area contributed by atoms with Gasteiger partial charge >= 0.3 is 11.9 Å². The summed E-state index contributed by atoms with van der Waals surface area (Å²) in [6.45, 7) is 2.70. The molecule has 0 aromatic heterocycles. The lowest BCUT2D eigenvalue weighted by Crippen LogP contribution is -2.57. The first-order chi connectivity index (χ1) is 18.6. The number of fused-ring (bicyclic) bond motifs is 1. The fraction of sp³-hybridized carbons (Fsp3) is 0.233. The molecule has 3 aromatic carbocycles. The number of anilines is 1. The number of esters is 1. The molecule has 2 aliphatic rings. The van der Waals surface area contributed by atoms with Crippen molar-refractivity contribution in [2.24, 2.45) is 11.8 Å². The number of rotatable bonds is 7. The summed E-state index contributed by atoms with van der Waals surface area (Å²) in [5.74, 6) is -4.95. The van der Waals surface area contributed by atoms with Crippen LogP contribution in [-0.4, -0.2) is 40.2 Å². The maximum Gasteiger partial charge on any atom is 0.325 e. The van der Waals surface area contributed by atoms with E-state index in [0.717, 1.165) is 4.90 Å². The summed E-state index contributed by atoms with van der Waals surface area (Å²) < 4.78 is 5.11. The highest BCUT2D eigenvalue weighted by Crippen LogP contribution is 2.51. The number of amides is 2. The monoisotopic (exact) mass is 526 g/mol.